The summed E-state index contributed by atoms with van der Waals surface area (Å²) in [6, 6.07) is 5.19. The summed E-state index contributed by atoms with van der Waals surface area (Å²) in [5.74, 6) is -1.22. The monoisotopic (exact) mass is 223 g/mol. The molecule has 1 aromatic heterocycles. The first-order chi connectivity index (χ1) is 7.70. The van der Waals surface area contributed by atoms with E-state index >= 15 is 0 Å². The van der Waals surface area contributed by atoms with Crippen molar-refractivity contribution in [1.82, 2.24) is 15.1 Å². The number of benzene rings is 1. The summed E-state index contributed by atoms with van der Waals surface area (Å²) < 4.78 is 27.5. The van der Waals surface area contributed by atoms with E-state index in [-0.39, 0.29) is 5.69 Å². The van der Waals surface area contributed by atoms with Crippen LogP contribution in [-0.2, 0) is 6.54 Å². The molecule has 0 unspecified atom stereocenters. The molecule has 0 spiro atoms. The highest BCUT2D eigenvalue weighted by atomic mass is 19.1. The molecule has 1 N–H and O–H groups in total. The van der Waals surface area contributed by atoms with E-state index in [9.17, 15) is 8.78 Å². The molecule has 0 fully saturated rings. The van der Waals surface area contributed by atoms with Crippen molar-refractivity contribution in [3.05, 3.63) is 47.8 Å². The van der Waals surface area contributed by atoms with E-state index in [1.54, 1.807) is 19.3 Å². The zero-order valence-corrected chi connectivity index (χ0v) is 8.74. The first kappa shape index (κ1) is 10.8. The van der Waals surface area contributed by atoms with Crippen LogP contribution in [0.3, 0.4) is 0 Å². The fourth-order valence-electron chi connectivity index (χ4n) is 1.44. The Kier molecular flexibility index (Phi) is 2.96. The molecule has 16 heavy (non-hydrogen) atoms. The number of halogens is 2. The van der Waals surface area contributed by atoms with Crippen LogP contribution in [0.1, 0.15) is 5.69 Å². The summed E-state index contributed by atoms with van der Waals surface area (Å²) >= 11 is 0. The maximum Gasteiger partial charge on any atom is 0.151 e. The highest BCUT2D eigenvalue weighted by Gasteiger charge is 2.07. The van der Waals surface area contributed by atoms with Gasteiger partial charge in [-0.05, 0) is 25.2 Å². The Morgan fingerprint density at radius 2 is 2.12 bits per heavy atom. The van der Waals surface area contributed by atoms with Gasteiger partial charge in [0, 0.05) is 18.8 Å². The summed E-state index contributed by atoms with van der Waals surface area (Å²) in [6.45, 7) is 0.607. The van der Waals surface area contributed by atoms with Gasteiger partial charge in [0.15, 0.2) is 5.82 Å². The molecule has 0 bridgehead atoms. The second kappa shape index (κ2) is 4.40. The molecule has 0 aliphatic rings. The fraction of sp³-hybridized carbons (Fsp3) is 0.182. The van der Waals surface area contributed by atoms with Gasteiger partial charge in [0.25, 0.3) is 0 Å². The highest BCUT2D eigenvalue weighted by molar-refractivity contribution is 5.33. The average Bonchev–Trinajstić information content (AvgIpc) is 2.67. The number of nitrogens with zero attached hydrogens (tertiary/aromatic N) is 2. The lowest BCUT2D eigenvalue weighted by molar-refractivity contribution is 0.573. The second-order valence-electron chi connectivity index (χ2n) is 3.38. The Bertz CT molecular complexity index is 494. The maximum atomic E-state index is 13.4. The van der Waals surface area contributed by atoms with Gasteiger partial charge in [-0.1, -0.05) is 0 Å². The number of nitrogens with one attached hydrogen (secondary N) is 1. The van der Waals surface area contributed by atoms with Gasteiger partial charge in [0.2, 0.25) is 0 Å². The zero-order chi connectivity index (χ0) is 11.5. The van der Waals surface area contributed by atoms with E-state index in [4.69, 9.17) is 0 Å². The minimum absolute atomic E-state index is 0.240. The fourth-order valence-corrected chi connectivity index (χ4v) is 1.44. The first-order valence-electron chi connectivity index (χ1n) is 4.85. The lowest BCUT2D eigenvalue weighted by Gasteiger charge is -2.02. The van der Waals surface area contributed by atoms with Gasteiger partial charge >= 0.3 is 0 Å². The van der Waals surface area contributed by atoms with Crippen LogP contribution in [0.25, 0.3) is 5.69 Å². The van der Waals surface area contributed by atoms with Crippen LogP contribution in [0.4, 0.5) is 8.78 Å². The van der Waals surface area contributed by atoms with Gasteiger partial charge in [0.05, 0.1) is 5.69 Å². The number of hydrogen-bond donors (Lipinski definition) is 1. The standard InChI is InChI=1S/C11H11F2N3/c1-14-7-9-4-5-16(15-9)11-3-2-8(12)6-10(11)13/h2-6,14H,7H2,1H3. The quantitative estimate of drug-likeness (QED) is 0.860. The van der Waals surface area contributed by atoms with Crippen LogP contribution >= 0.6 is 0 Å². The third kappa shape index (κ3) is 2.09. The summed E-state index contributed by atoms with van der Waals surface area (Å²) in [5, 5.41) is 7.10. The minimum atomic E-state index is -0.626. The Hall–Kier alpha value is -1.75. The van der Waals surface area contributed by atoms with Crippen molar-refractivity contribution in [2.75, 3.05) is 7.05 Å². The third-order valence-corrected chi connectivity index (χ3v) is 2.16. The van der Waals surface area contributed by atoms with Crippen LogP contribution in [0.15, 0.2) is 30.5 Å². The molecule has 2 rings (SSSR count). The molecule has 0 aliphatic carbocycles. The Morgan fingerprint density at radius 3 is 2.81 bits per heavy atom. The van der Waals surface area contributed by atoms with Gasteiger partial charge in [-0.25, -0.2) is 13.5 Å². The Labute approximate surface area is 91.7 Å². The zero-order valence-electron chi connectivity index (χ0n) is 8.74. The van der Waals surface area contributed by atoms with Crippen molar-refractivity contribution in [3.8, 4) is 5.69 Å². The highest BCUT2D eigenvalue weighted by Crippen LogP contribution is 2.14. The Balaban J connectivity index is 2.35. The van der Waals surface area contributed by atoms with E-state index in [1.165, 1.54) is 16.8 Å². The van der Waals surface area contributed by atoms with Gasteiger partial charge in [-0.2, -0.15) is 5.10 Å². The molecule has 0 atom stereocenters. The first-order valence-corrected chi connectivity index (χ1v) is 4.85. The van der Waals surface area contributed by atoms with Gasteiger partial charge < -0.3 is 5.32 Å². The molecular formula is C11H11F2N3. The molecule has 84 valence electrons. The lowest BCUT2D eigenvalue weighted by atomic mass is 10.3. The molecule has 0 radical (unpaired) electrons. The summed E-state index contributed by atoms with van der Waals surface area (Å²) in [7, 11) is 1.80. The van der Waals surface area contributed by atoms with Crippen LogP contribution in [-0.4, -0.2) is 16.8 Å². The van der Waals surface area contributed by atoms with Crippen molar-refractivity contribution < 1.29 is 8.78 Å². The molecule has 0 saturated carbocycles. The van der Waals surface area contributed by atoms with Crippen LogP contribution in [0.2, 0.25) is 0 Å². The molecule has 0 aliphatic heterocycles. The van der Waals surface area contributed by atoms with Crippen molar-refractivity contribution in [1.29, 1.82) is 0 Å². The molecule has 1 aromatic carbocycles. The SMILES string of the molecule is CNCc1ccn(-c2ccc(F)cc2F)n1. The van der Waals surface area contributed by atoms with Gasteiger partial charge in [0.1, 0.15) is 11.5 Å². The van der Waals surface area contributed by atoms with Crippen molar-refractivity contribution in [2.45, 2.75) is 6.54 Å². The van der Waals surface area contributed by atoms with Gasteiger partial charge in [-0.3, -0.25) is 0 Å². The van der Waals surface area contributed by atoms with E-state index in [0.29, 0.717) is 6.54 Å². The third-order valence-electron chi connectivity index (χ3n) is 2.16. The Morgan fingerprint density at radius 1 is 1.31 bits per heavy atom. The van der Waals surface area contributed by atoms with Crippen molar-refractivity contribution >= 4 is 0 Å². The maximum absolute atomic E-state index is 13.4. The van der Waals surface area contributed by atoms with E-state index < -0.39 is 11.6 Å². The molecule has 0 saturated heterocycles. The second-order valence-corrected chi connectivity index (χ2v) is 3.38. The summed E-state index contributed by atoms with van der Waals surface area (Å²) in [4.78, 5) is 0. The summed E-state index contributed by atoms with van der Waals surface area (Å²) in [6.07, 6.45) is 1.64. The number of rotatable bonds is 3. The predicted molar refractivity (Wildman–Crippen MR) is 56.2 cm³/mol. The van der Waals surface area contributed by atoms with Crippen molar-refractivity contribution in [3.63, 3.8) is 0 Å². The number of hydrogen-bond acceptors (Lipinski definition) is 2. The van der Waals surface area contributed by atoms with Crippen molar-refractivity contribution in [2.24, 2.45) is 0 Å². The molecule has 3 nitrogen and oxygen atoms in total. The normalized spacial score (nSPS) is 10.7. The smallest absolute Gasteiger partial charge is 0.151 e. The van der Waals surface area contributed by atoms with E-state index in [0.717, 1.165) is 11.8 Å². The molecule has 2 aromatic rings. The van der Waals surface area contributed by atoms with Crippen LogP contribution < -0.4 is 5.32 Å². The number of aromatic nitrogens is 2. The lowest BCUT2D eigenvalue weighted by Crippen LogP contribution is -2.07. The molecule has 1 heterocycles. The molecule has 0 amide bonds. The van der Waals surface area contributed by atoms with Gasteiger partial charge in [-0.15, -0.1) is 0 Å². The average molecular weight is 223 g/mol. The summed E-state index contributed by atoms with van der Waals surface area (Å²) in [5.41, 5.74) is 1.04. The largest absolute Gasteiger partial charge is 0.314 e. The predicted octanol–water partition coefficient (Wildman–Crippen LogP) is 1.87. The van der Waals surface area contributed by atoms with E-state index in [2.05, 4.69) is 10.4 Å². The van der Waals surface area contributed by atoms with Crippen LogP contribution in [0, 0.1) is 11.6 Å². The topological polar surface area (TPSA) is 29.9 Å². The molecule has 5 heteroatoms. The van der Waals surface area contributed by atoms with Crippen LogP contribution in [0.5, 0.6) is 0 Å². The molecular weight excluding hydrogens is 212 g/mol. The minimum Gasteiger partial charge on any atom is -0.314 e. The van der Waals surface area contributed by atoms with E-state index in [1.807, 2.05) is 0 Å².